The molecular weight excluding hydrogens is 340 g/mol. The summed E-state index contributed by atoms with van der Waals surface area (Å²) in [5, 5.41) is 6.62. The predicted octanol–water partition coefficient (Wildman–Crippen LogP) is 4.41. The molecule has 1 amide bonds. The van der Waals surface area contributed by atoms with Crippen LogP contribution in [-0.2, 0) is 4.79 Å². The van der Waals surface area contributed by atoms with E-state index in [2.05, 4.69) is 10.6 Å². The van der Waals surface area contributed by atoms with Gasteiger partial charge in [0.1, 0.15) is 11.5 Å². The lowest BCUT2D eigenvalue weighted by Gasteiger charge is -2.14. The van der Waals surface area contributed by atoms with Crippen LogP contribution in [0.15, 0.2) is 30.3 Å². The van der Waals surface area contributed by atoms with E-state index in [4.69, 9.17) is 21.1 Å². The Labute approximate surface area is 153 Å². The van der Waals surface area contributed by atoms with E-state index in [9.17, 15) is 4.79 Å². The molecule has 6 heteroatoms. The van der Waals surface area contributed by atoms with E-state index in [1.54, 1.807) is 20.3 Å². The van der Waals surface area contributed by atoms with Gasteiger partial charge in [0.2, 0.25) is 5.91 Å². The average molecular weight is 363 g/mol. The van der Waals surface area contributed by atoms with Crippen LogP contribution < -0.4 is 20.1 Å². The van der Waals surface area contributed by atoms with Gasteiger partial charge in [0, 0.05) is 19.0 Å². The number of amides is 1. The molecule has 0 heterocycles. The topological polar surface area (TPSA) is 59.6 Å². The molecule has 0 saturated carbocycles. The fourth-order valence-corrected chi connectivity index (χ4v) is 2.90. The minimum atomic E-state index is -0.103. The summed E-state index contributed by atoms with van der Waals surface area (Å²) >= 11 is 6.22. The van der Waals surface area contributed by atoms with E-state index in [1.165, 1.54) is 0 Å². The Hall–Kier alpha value is -2.40. The van der Waals surface area contributed by atoms with Crippen LogP contribution in [0.5, 0.6) is 11.5 Å². The summed E-state index contributed by atoms with van der Waals surface area (Å²) < 4.78 is 10.5. The normalized spacial score (nSPS) is 10.3. The van der Waals surface area contributed by atoms with Crippen molar-refractivity contribution in [1.82, 2.24) is 0 Å². The third-order valence-corrected chi connectivity index (χ3v) is 4.07. The van der Waals surface area contributed by atoms with Crippen molar-refractivity contribution in [2.45, 2.75) is 20.3 Å². The first kappa shape index (κ1) is 18.9. The number of hydrogen-bond acceptors (Lipinski definition) is 4. The van der Waals surface area contributed by atoms with Gasteiger partial charge in [-0.3, -0.25) is 4.79 Å². The second kappa shape index (κ2) is 8.62. The Morgan fingerprint density at radius 3 is 2.52 bits per heavy atom. The molecule has 0 saturated heterocycles. The zero-order chi connectivity index (χ0) is 18.4. The number of rotatable bonds is 7. The van der Waals surface area contributed by atoms with Gasteiger partial charge in [-0.05, 0) is 43.2 Å². The molecule has 0 aromatic heterocycles. The Kier molecular flexibility index (Phi) is 6.53. The van der Waals surface area contributed by atoms with Crippen LogP contribution in [0.3, 0.4) is 0 Å². The smallest absolute Gasteiger partial charge is 0.226 e. The van der Waals surface area contributed by atoms with Gasteiger partial charge in [0.25, 0.3) is 0 Å². The molecule has 0 fully saturated rings. The van der Waals surface area contributed by atoms with Crippen LogP contribution in [-0.4, -0.2) is 26.7 Å². The Balaban J connectivity index is 1.93. The van der Waals surface area contributed by atoms with Gasteiger partial charge in [0.05, 0.1) is 30.6 Å². The molecule has 134 valence electrons. The van der Waals surface area contributed by atoms with Gasteiger partial charge in [-0.25, -0.2) is 0 Å². The molecule has 0 aliphatic heterocycles. The van der Waals surface area contributed by atoms with Crippen molar-refractivity contribution in [1.29, 1.82) is 0 Å². The maximum Gasteiger partial charge on any atom is 0.226 e. The van der Waals surface area contributed by atoms with Crippen molar-refractivity contribution in [2.24, 2.45) is 0 Å². The van der Waals surface area contributed by atoms with Crippen molar-refractivity contribution in [2.75, 3.05) is 31.4 Å². The standard InChI is InChI=1S/C19H23ClN2O3/c1-12-9-13(2)19(15(20)10-12)22-18(23)7-8-21-16-6-5-14(24-3)11-17(16)25-4/h5-6,9-11,21H,7-8H2,1-4H3,(H,22,23). The highest BCUT2D eigenvalue weighted by molar-refractivity contribution is 6.34. The Morgan fingerprint density at radius 1 is 1.12 bits per heavy atom. The summed E-state index contributed by atoms with van der Waals surface area (Å²) in [6.45, 7) is 4.36. The monoisotopic (exact) mass is 362 g/mol. The van der Waals surface area contributed by atoms with Gasteiger partial charge in [0.15, 0.2) is 0 Å². The minimum absolute atomic E-state index is 0.103. The molecule has 0 radical (unpaired) electrons. The van der Waals surface area contributed by atoms with E-state index >= 15 is 0 Å². The fourth-order valence-electron chi connectivity index (χ4n) is 2.53. The van der Waals surface area contributed by atoms with Gasteiger partial charge in [-0.15, -0.1) is 0 Å². The molecule has 2 aromatic carbocycles. The number of hydrogen-bond donors (Lipinski definition) is 2. The van der Waals surface area contributed by atoms with Crippen molar-refractivity contribution >= 4 is 28.9 Å². The van der Waals surface area contributed by atoms with Crippen LogP contribution >= 0.6 is 11.6 Å². The molecule has 0 atom stereocenters. The Morgan fingerprint density at radius 2 is 1.88 bits per heavy atom. The summed E-state index contributed by atoms with van der Waals surface area (Å²) in [6, 6.07) is 9.31. The van der Waals surface area contributed by atoms with Crippen molar-refractivity contribution in [3.05, 3.63) is 46.5 Å². The quantitative estimate of drug-likeness (QED) is 0.765. The van der Waals surface area contributed by atoms with Crippen LogP contribution in [0.2, 0.25) is 5.02 Å². The zero-order valence-corrected chi connectivity index (χ0v) is 15.7. The summed E-state index contributed by atoms with van der Waals surface area (Å²) in [5.41, 5.74) is 3.48. The number of benzene rings is 2. The molecule has 0 bridgehead atoms. The fraction of sp³-hybridized carbons (Fsp3) is 0.316. The molecule has 25 heavy (non-hydrogen) atoms. The molecule has 5 nitrogen and oxygen atoms in total. The van der Waals surface area contributed by atoms with Crippen molar-refractivity contribution in [3.8, 4) is 11.5 Å². The van der Waals surface area contributed by atoms with Gasteiger partial charge < -0.3 is 20.1 Å². The van der Waals surface area contributed by atoms with E-state index in [0.717, 1.165) is 16.8 Å². The SMILES string of the molecule is COc1ccc(NCCC(=O)Nc2c(C)cc(C)cc2Cl)c(OC)c1. The molecule has 2 aromatic rings. The molecule has 2 rings (SSSR count). The second-order valence-corrected chi connectivity index (χ2v) is 6.14. The highest BCUT2D eigenvalue weighted by atomic mass is 35.5. The number of methoxy groups -OCH3 is 2. The maximum absolute atomic E-state index is 12.2. The summed E-state index contributed by atoms with van der Waals surface area (Å²) in [6.07, 6.45) is 0.304. The first-order chi connectivity index (χ1) is 11.9. The Bertz CT molecular complexity index is 739. The van der Waals surface area contributed by atoms with E-state index in [1.807, 2.05) is 38.1 Å². The number of halogens is 1. The van der Waals surface area contributed by atoms with Crippen molar-refractivity contribution < 1.29 is 14.3 Å². The second-order valence-electron chi connectivity index (χ2n) is 5.73. The van der Waals surface area contributed by atoms with Crippen LogP contribution in [0.4, 0.5) is 11.4 Å². The summed E-state index contributed by atoms with van der Waals surface area (Å²) in [7, 11) is 3.19. The van der Waals surface area contributed by atoms with Crippen LogP contribution in [0, 0.1) is 13.8 Å². The number of nitrogens with one attached hydrogen (secondary N) is 2. The molecule has 2 N–H and O–H groups in total. The summed E-state index contributed by atoms with van der Waals surface area (Å²) in [4.78, 5) is 12.2. The van der Waals surface area contributed by atoms with E-state index < -0.39 is 0 Å². The van der Waals surface area contributed by atoms with Crippen LogP contribution in [0.1, 0.15) is 17.5 Å². The van der Waals surface area contributed by atoms with E-state index in [0.29, 0.717) is 35.2 Å². The largest absolute Gasteiger partial charge is 0.497 e. The number of carbonyl (C=O) groups excluding carboxylic acids is 1. The van der Waals surface area contributed by atoms with Gasteiger partial charge >= 0.3 is 0 Å². The lowest BCUT2D eigenvalue weighted by Crippen LogP contribution is -2.17. The molecule has 0 unspecified atom stereocenters. The number of aryl methyl sites for hydroxylation is 2. The first-order valence-corrected chi connectivity index (χ1v) is 8.35. The molecule has 0 aliphatic rings. The van der Waals surface area contributed by atoms with Gasteiger partial charge in [-0.1, -0.05) is 17.7 Å². The third-order valence-electron chi connectivity index (χ3n) is 3.77. The summed E-state index contributed by atoms with van der Waals surface area (Å²) in [5.74, 6) is 1.27. The number of anilines is 2. The third kappa shape index (κ3) is 5.03. The molecular formula is C19H23ClN2O3. The number of ether oxygens (including phenoxy) is 2. The average Bonchev–Trinajstić information content (AvgIpc) is 2.58. The highest BCUT2D eigenvalue weighted by Gasteiger charge is 2.10. The lowest BCUT2D eigenvalue weighted by molar-refractivity contribution is -0.115. The predicted molar refractivity (Wildman–Crippen MR) is 102 cm³/mol. The van der Waals surface area contributed by atoms with Gasteiger partial charge in [-0.2, -0.15) is 0 Å². The molecule has 0 spiro atoms. The van der Waals surface area contributed by atoms with Crippen LogP contribution in [0.25, 0.3) is 0 Å². The number of carbonyl (C=O) groups is 1. The maximum atomic E-state index is 12.2. The molecule has 0 aliphatic carbocycles. The zero-order valence-electron chi connectivity index (χ0n) is 14.9. The highest BCUT2D eigenvalue weighted by Crippen LogP contribution is 2.29. The van der Waals surface area contributed by atoms with Crippen molar-refractivity contribution in [3.63, 3.8) is 0 Å². The minimum Gasteiger partial charge on any atom is -0.497 e. The lowest BCUT2D eigenvalue weighted by atomic mass is 10.1. The first-order valence-electron chi connectivity index (χ1n) is 7.97. The van der Waals surface area contributed by atoms with E-state index in [-0.39, 0.29) is 5.91 Å².